The minimum atomic E-state index is 0.601. The molecule has 0 aromatic carbocycles. The van der Waals surface area contributed by atoms with Crippen molar-refractivity contribution in [1.29, 1.82) is 0 Å². The van der Waals surface area contributed by atoms with Crippen LogP contribution in [0.3, 0.4) is 0 Å². The number of unbranched alkanes of at least 4 members (excludes halogenated alkanes) is 3. The van der Waals surface area contributed by atoms with Crippen LogP contribution in [0.1, 0.15) is 92.9 Å². The molecule has 0 aliphatic rings. The fourth-order valence-electron chi connectivity index (χ4n) is 1.98. The maximum atomic E-state index is 2.36. The van der Waals surface area contributed by atoms with E-state index in [1.807, 2.05) is 0 Å². The molecule has 0 atom stereocenters. The first-order chi connectivity index (χ1) is 7.04. The molecule has 0 saturated carbocycles. The Kier molecular flexibility index (Phi) is 14.0. The zero-order valence-corrected chi connectivity index (χ0v) is 12.2. The molecule has 0 rings (SSSR count). The maximum absolute atomic E-state index is 2.36. The van der Waals surface area contributed by atoms with Crippen LogP contribution in [0.2, 0.25) is 0 Å². The van der Waals surface area contributed by atoms with Crippen molar-refractivity contribution in [2.24, 2.45) is 5.41 Å². The molecule has 0 heteroatoms. The normalized spacial score (nSPS) is 10.8. The summed E-state index contributed by atoms with van der Waals surface area (Å²) in [7, 11) is 0. The maximum Gasteiger partial charge on any atom is -0.0354 e. The molecule has 0 nitrogen and oxygen atoms in total. The van der Waals surface area contributed by atoms with Crippen LogP contribution in [0, 0.1) is 5.41 Å². The molecule has 0 aliphatic heterocycles. The van der Waals surface area contributed by atoms with E-state index in [1.165, 1.54) is 51.4 Å². The average Bonchev–Trinajstić information content (AvgIpc) is 2.15. The average molecular weight is 214 g/mol. The Morgan fingerprint density at radius 2 is 0.933 bits per heavy atom. The summed E-state index contributed by atoms with van der Waals surface area (Å²) in [4.78, 5) is 0. The Morgan fingerprint density at radius 1 is 0.600 bits per heavy atom. The summed E-state index contributed by atoms with van der Waals surface area (Å²) in [5, 5.41) is 0. The summed E-state index contributed by atoms with van der Waals surface area (Å²) in [6.45, 7) is 13.7. The predicted octanol–water partition coefficient (Wildman–Crippen LogP) is 6.20. The smallest absolute Gasteiger partial charge is 0.0354 e. The van der Waals surface area contributed by atoms with E-state index in [4.69, 9.17) is 0 Å². The van der Waals surface area contributed by atoms with Crippen LogP contribution in [-0.4, -0.2) is 0 Å². The van der Waals surface area contributed by atoms with E-state index >= 15 is 0 Å². The molecule has 0 spiro atoms. The van der Waals surface area contributed by atoms with Gasteiger partial charge in [0.25, 0.3) is 0 Å². The Morgan fingerprint density at radius 3 is 1.13 bits per heavy atom. The van der Waals surface area contributed by atoms with E-state index in [1.54, 1.807) is 0 Å². The standard InChI is InChI=1S/C9H20.C6H14/c1-5-7-9(3,4)8-6-2;1-3-5-6-4-2/h5-8H2,1-4H3;3-6H2,1-2H3. The lowest BCUT2D eigenvalue weighted by atomic mass is 9.84. The van der Waals surface area contributed by atoms with Gasteiger partial charge < -0.3 is 0 Å². The quantitative estimate of drug-likeness (QED) is 0.443. The fourth-order valence-corrected chi connectivity index (χ4v) is 1.98. The lowest BCUT2D eigenvalue weighted by Gasteiger charge is -2.22. The third-order valence-corrected chi connectivity index (χ3v) is 2.81. The van der Waals surface area contributed by atoms with Gasteiger partial charge in [0.2, 0.25) is 0 Å². The van der Waals surface area contributed by atoms with Crippen LogP contribution < -0.4 is 0 Å². The van der Waals surface area contributed by atoms with Crippen molar-refractivity contribution in [3.63, 3.8) is 0 Å². The highest BCUT2D eigenvalue weighted by Crippen LogP contribution is 2.27. The van der Waals surface area contributed by atoms with E-state index in [9.17, 15) is 0 Å². The van der Waals surface area contributed by atoms with Crippen molar-refractivity contribution in [2.45, 2.75) is 92.9 Å². The van der Waals surface area contributed by atoms with Gasteiger partial charge in [-0.2, -0.15) is 0 Å². The molecule has 15 heavy (non-hydrogen) atoms. The van der Waals surface area contributed by atoms with Gasteiger partial charge in [0.15, 0.2) is 0 Å². The van der Waals surface area contributed by atoms with Gasteiger partial charge in [0.1, 0.15) is 0 Å². The molecule has 0 saturated heterocycles. The van der Waals surface area contributed by atoms with Crippen molar-refractivity contribution in [2.75, 3.05) is 0 Å². The zero-order valence-electron chi connectivity index (χ0n) is 12.2. The van der Waals surface area contributed by atoms with Gasteiger partial charge in [-0.1, -0.05) is 80.1 Å². The van der Waals surface area contributed by atoms with Crippen LogP contribution in [-0.2, 0) is 0 Å². The van der Waals surface area contributed by atoms with Gasteiger partial charge in [-0.25, -0.2) is 0 Å². The molecule has 0 amide bonds. The van der Waals surface area contributed by atoms with E-state index < -0.39 is 0 Å². The largest absolute Gasteiger partial charge is 0.0654 e. The second-order valence-corrected chi connectivity index (χ2v) is 5.37. The first kappa shape index (κ1) is 17.4. The molecular weight excluding hydrogens is 180 g/mol. The van der Waals surface area contributed by atoms with Gasteiger partial charge >= 0.3 is 0 Å². The van der Waals surface area contributed by atoms with E-state index in [-0.39, 0.29) is 0 Å². The van der Waals surface area contributed by atoms with Crippen LogP contribution in [0.15, 0.2) is 0 Å². The monoisotopic (exact) mass is 214 g/mol. The Balaban J connectivity index is 0. The molecule has 0 aromatic heterocycles. The molecule has 0 radical (unpaired) electrons. The Bertz CT molecular complexity index is 90.6. The molecule has 0 unspecified atom stereocenters. The minimum absolute atomic E-state index is 0.601. The lowest BCUT2D eigenvalue weighted by molar-refractivity contribution is 0.301. The highest BCUT2D eigenvalue weighted by molar-refractivity contribution is 4.66. The Hall–Kier alpha value is 0. The van der Waals surface area contributed by atoms with Crippen molar-refractivity contribution < 1.29 is 0 Å². The van der Waals surface area contributed by atoms with E-state index in [2.05, 4.69) is 41.5 Å². The van der Waals surface area contributed by atoms with E-state index in [0.717, 1.165) is 0 Å². The summed E-state index contributed by atoms with van der Waals surface area (Å²) in [6.07, 6.45) is 10.9. The van der Waals surface area contributed by atoms with Gasteiger partial charge in [-0.3, -0.25) is 0 Å². The number of rotatable bonds is 7. The van der Waals surface area contributed by atoms with Gasteiger partial charge in [0, 0.05) is 0 Å². The SMILES string of the molecule is CCCC(C)(C)CCC.CCCCCC. The highest BCUT2D eigenvalue weighted by Gasteiger charge is 2.13. The van der Waals surface area contributed by atoms with Crippen molar-refractivity contribution in [1.82, 2.24) is 0 Å². The summed E-state index contributed by atoms with van der Waals surface area (Å²) in [5.41, 5.74) is 0.601. The molecular formula is C15H34. The molecule has 0 fully saturated rings. The third-order valence-electron chi connectivity index (χ3n) is 2.81. The number of hydrogen-bond donors (Lipinski definition) is 0. The zero-order chi connectivity index (χ0) is 12.2. The Labute approximate surface area is 98.9 Å². The topological polar surface area (TPSA) is 0 Å². The second kappa shape index (κ2) is 12.1. The summed E-state index contributed by atoms with van der Waals surface area (Å²) in [5.74, 6) is 0. The molecule has 0 heterocycles. The van der Waals surface area contributed by atoms with Crippen LogP contribution in [0.5, 0.6) is 0 Å². The summed E-state index contributed by atoms with van der Waals surface area (Å²) < 4.78 is 0. The lowest BCUT2D eigenvalue weighted by Crippen LogP contribution is -2.09. The second-order valence-electron chi connectivity index (χ2n) is 5.37. The van der Waals surface area contributed by atoms with Gasteiger partial charge in [0.05, 0.1) is 0 Å². The molecule has 0 bridgehead atoms. The van der Waals surface area contributed by atoms with Crippen molar-refractivity contribution >= 4 is 0 Å². The minimum Gasteiger partial charge on any atom is -0.0654 e. The van der Waals surface area contributed by atoms with Gasteiger partial charge in [-0.15, -0.1) is 0 Å². The molecule has 94 valence electrons. The van der Waals surface area contributed by atoms with E-state index in [0.29, 0.717) is 5.41 Å². The van der Waals surface area contributed by atoms with Gasteiger partial charge in [-0.05, 0) is 18.3 Å². The van der Waals surface area contributed by atoms with Crippen LogP contribution in [0.4, 0.5) is 0 Å². The molecule has 0 aromatic rings. The van der Waals surface area contributed by atoms with Crippen molar-refractivity contribution in [3.8, 4) is 0 Å². The first-order valence-corrected chi connectivity index (χ1v) is 7.04. The summed E-state index contributed by atoms with van der Waals surface area (Å²) >= 11 is 0. The first-order valence-electron chi connectivity index (χ1n) is 7.04. The predicted molar refractivity (Wildman–Crippen MR) is 73.4 cm³/mol. The van der Waals surface area contributed by atoms with Crippen LogP contribution in [0.25, 0.3) is 0 Å². The fraction of sp³-hybridized carbons (Fsp3) is 1.00. The molecule has 0 aliphatic carbocycles. The van der Waals surface area contributed by atoms with Crippen molar-refractivity contribution in [3.05, 3.63) is 0 Å². The summed E-state index contributed by atoms with van der Waals surface area (Å²) in [6, 6.07) is 0. The number of hydrogen-bond acceptors (Lipinski definition) is 0. The van der Waals surface area contributed by atoms with Crippen LogP contribution >= 0.6 is 0 Å². The third kappa shape index (κ3) is 16.7. The molecule has 0 N–H and O–H groups in total. The highest BCUT2D eigenvalue weighted by atomic mass is 14.2.